The molecule has 0 saturated carbocycles. The Morgan fingerprint density at radius 2 is 1.93 bits per heavy atom. The Bertz CT molecular complexity index is 1120. The first-order valence-corrected chi connectivity index (χ1v) is 9.26. The molecule has 2 aliphatic rings. The largest absolute Gasteiger partial charge is 0.292 e. The summed E-state index contributed by atoms with van der Waals surface area (Å²) in [5.74, 6) is 0.109. The van der Waals surface area contributed by atoms with Crippen molar-refractivity contribution in [1.29, 1.82) is 5.26 Å². The van der Waals surface area contributed by atoms with E-state index in [2.05, 4.69) is 16.5 Å². The summed E-state index contributed by atoms with van der Waals surface area (Å²) in [6.45, 7) is 2.36. The fourth-order valence-electron chi connectivity index (χ4n) is 3.19. The van der Waals surface area contributed by atoms with E-state index in [1.807, 2.05) is 13.0 Å². The molecular weight excluding hydrogens is 395 g/mol. The SMILES string of the molecule is CC1=C(c2ccc(Cl)cc2Cl)N2NC(c3ccc(C#N)cc3)=CC(=O)C2=NC1. The average Bonchev–Trinajstić information content (AvgIpc) is 2.69. The van der Waals surface area contributed by atoms with Crippen molar-refractivity contribution in [3.05, 3.63) is 80.8 Å². The lowest BCUT2D eigenvalue weighted by Crippen LogP contribution is -2.49. The number of carbonyl (C=O) groups is 1. The minimum Gasteiger partial charge on any atom is -0.292 e. The monoisotopic (exact) mass is 408 g/mol. The fraction of sp³-hybridized carbons (Fsp3) is 0.0952. The number of benzene rings is 2. The fourth-order valence-corrected chi connectivity index (χ4v) is 3.68. The molecule has 0 unspecified atom stereocenters. The lowest BCUT2D eigenvalue weighted by Gasteiger charge is -2.36. The van der Waals surface area contributed by atoms with E-state index in [9.17, 15) is 4.79 Å². The van der Waals surface area contributed by atoms with Crippen molar-refractivity contribution < 1.29 is 4.79 Å². The van der Waals surface area contributed by atoms with Gasteiger partial charge in [-0.2, -0.15) is 5.26 Å². The number of fused-ring (bicyclic) bond motifs is 1. The second-order valence-corrected chi connectivity index (χ2v) is 7.30. The van der Waals surface area contributed by atoms with Crippen LogP contribution < -0.4 is 5.43 Å². The van der Waals surface area contributed by atoms with Gasteiger partial charge in [0.1, 0.15) is 0 Å². The van der Waals surface area contributed by atoms with Crippen LogP contribution in [0.5, 0.6) is 0 Å². The molecule has 0 aliphatic carbocycles. The predicted molar refractivity (Wildman–Crippen MR) is 110 cm³/mol. The highest BCUT2D eigenvalue weighted by atomic mass is 35.5. The molecule has 2 aromatic rings. The number of rotatable bonds is 2. The van der Waals surface area contributed by atoms with Crippen molar-refractivity contribution in [1.82, 2.24) is 10.4 Å². The molecule has 0 bridgehead atoms. The van der Waals surface area contributed by atoms with E-state index in [1.165, 1.54) is 6.08 Å². The summed E-state index contributed by atoms with van der Waals surface area (Å²) in [4.78, 5) is 17.1. The number of amidine groups is 1. The molecule has 0 amide bonds. The number of hydrazine groups is 1. The van der Waals surface area contributed by atoms with Crippen LogP contribution in [0.1, 0.15) is 23.6 Å². The molecule has 0 saturated heterocycles. The third-order valence-electron chi connectivity index (χ3n) is 4.54. The molecule has 5 nitrogen and oxygen atoms in total. The highest BCUT2D eigenvalue weighted by molar-refractivity contribution is 6.46. The zero-order chi connectivity index (χ0) is 19.8. The van der Waals surface area contributed by atoms with Crippen LogP contribution in [0, 0.1) is 11.3 Å². The third-order valence-corrected chi connectivity index (χ3v) is 5.09. The van der Waals surface area contributed by atoms with E-state index in [0.717, 1.165) is 22.4 Å². The van der Waals surface area contributed by atoms with Gasteiger partial charge in [0.2, 0.25) is 5.78 Å². The van der Waals surface area contributed by atoms with Gasteiger partial charge in [0.15, 0.2) is 5.84 Å². The highest BCUT2D eigenvalue weighted by Crippen LogP contribution is 2.34. The number of nitrogens with zero attached hydrogens (tertiary/aromatic N) is 3. The first kappa shape index (κ1) is 18.3. The van der Waals surface area contributed by atoms with Crippen LogP contribution in [0.2, 0.25) is 10.0 Å². The van der Waals surface area contributed by atoms with E-state index < -0.39 is 0 Å². The van der Waals surface area contributed by atoms with Gasteiger partial charge in [-0.3, -0.25) is 15.2 Å². The number of nitriles is 1. The zero-order valence-electron chi connectivity index (χ0n) is 14.8. The van der Waals surface area contributed by atoms with Crippen LogP contribution in [0.15, 0.2) is 59.1 Å². The summed E-state index contributed by atoms with van der Waals surface area (Å²) in [5.41, 5.74) is 7.73. The topological polar surface area (TPSA) is 68.5 Å². The number of nitrogens with one attached hydrogen (secondary N) is 1. The summed E-state index contributed by atoms with van der Waals surface area (Å²) < 4.78 is 0. The maximum atomic E-state index is 12.7. The lowest BCUT2D eigenvalue weighted by molar-refractivity contribution is -0.109. The van der Waals surface area contributed by atoms with Crippen molar-refractivity contribution in [2.45, 2.75) is 6.92 Å². The Kier molecular flexibility index (Phi) is 4.68. The minimum absolute atomic E-state index is 0.201. The quantitative estimate of drug-likeness (QED) is 0.797. The Labute approximate surface area is 172 Å². The lowest BCUT2D eigenvalue weighted by atomic mass is 10.0. The zero-order valence-corrected chi connectivity index (χ0v) is 16.3. The molecule has 7 heteroatoms. The minimum atomic E-state index is -0.201. The average molecular weight is 409 g/mol. The Balaban J connectivity index is 1.77. The molecule has 28 heavy (non-hydrogen) atoms. The number of hydrogen-bond donors (Lipinski definition) is 1. The van der Waals surface area contributed by atoms with Crippen molar-refractivity contribution in [3.63, 3.8) is 0 Å². The maximum absolute atomic E-state index is 12.7. The van der Waals surface area contributed by atoms with Gasteiger partial charge in [-0.05, 0) is 48.4 Å². The van der Waals surface area contributed by atoms with E-state index >= 15 is 0 Å². The molecule has 0 fully saturated rings. The van der Waals surface area contributed by atoms with Crippen molar-refractivity contribution in [2.75, 3.05) is 6.54 Å². The molecule has 0 spiro atoms. The Morgan fingerprint density at radius 1 is 1.18 bits per heavy atom. The molecule has 0 aromatic heterocycles. The molecular formula is C21H14Cl2N4O. The Hall–Kier alpha value is -3.07. The van der Waals surface area contributed by atoms with Crippen LogP contribution >= 0.6 is 23.2 Å². The van der Waals surface area contributed by atoms with Crippen molar-refractivity contribution in [2.24, 2.45) is 4.99 Å². The summed E-state index contributed by atoms with van der Waals surface area (Å²) in [7, 11) is 0. The highest BCUT2D eigenvalue weighted by Gasteiger charge is 2.32. The smallest absolute Gasteiger partial charge is 0.224 e. The van der Waals surface area contributed by atoms with Crippen LogP contribution in [0.25, 0.3) is 11.4 Å². The summed E-state index contributed by atoms with van der Waals surface area (Å²) in [5, 5.41) is 11.7. The van der Waals surface area contributed by atoms with E-state index in [0.29, 0.717) is 33.7 Å². The van der Waals surface area contributed by atoms with Crippen LogP contribution in [0.3, 0.4) is 0 Å². The van der Waals surface area contributed by atoms with Gasteiger partial charge in [0, 0.05) is 16.7 Å². The van der Waals surface area contributed by atoms with Gasteiger partial charge in [0.05, 0.1) is 34.6 Å². The normalized spacial score (nSPS) is 16.1. The van der Waals surface area contributed by atoms with Crippen LogP contribution in [0.4, 0.5) is 0 Å². The number of halogens is 2. The molecule has 138 valence electrons. The predicted octanol–water partition coefficient (Wildman–Crippen LogP) is 4.44. The summed E-state index contributed by atoms with van der Waals surface area (Å²) in [6, 6.07) is 14.4. The second kappa shape index (κ2) is 7.16. The number of hydrogen-bond acceptors (Lipinski definition) is 5. The molecule has 4 rings (SSSR count). The number of carbonyl (C=O) groups excluding carboxylic acids is 1. The first-order valence-electron chi connectivity index (χ1n) is 8.51. The molecule has 2 heterocycles. The third kappa shape index (κ3) is 3.18. The van der Waals surface area contributed by atoms with Crippen LogP contribution in [-0.4, -0.2) is 23.2 Å². The van der Waals surface area contributed by atoms with Gasteiger partial charge >= 0.3 is 0 Å². The van der Waals surface area contributed by atoms with E-state index in [4.69, 9.17) is 28.5 Å². The first-order chi connectivity index (χ1) is 13.5. The molecule has 1 N–H and O–H groups in total. The molecule has 0 radical (unpaired) electrons. The summed E-state index contributed by atoms with van der Waals surface area (Å²) >= 11 is 12.5. The number of aliphatic imine (C=N–C) groups is 1. The molecule has 2 aliphatic heterocycles. The molecule has 2 aromatic carbocycles. The molecule has 0 atom stereocenters. The Morgan fingerprint density at radius 3 is 2.61 bits per heavy atom. The summed E-state index contributed by atoms with van der Waals surface area (Å²) in [6.07, 6.45) is 1.51. The van der Waals surface area contributed by atoms with Gasteiger partial charge in [-0.1, -0.05) is 35.3 Å². The number of ketones is 1. The second-order valence-electron chi connectivity index (χ2n) is 6.45. The van der Waals surface area contributed by atoms with Gasteiger partial charge in [-0.25, -0.2) is 5.01 Å². The van der Waals surface area contributed by atoms with Crippen LogP contribution in [-0.2, 0) is 4.79 Å². The van der Waals surface area contributed by atoms with Gasteiger partial charge < -0.3 is 0 Å². The van der Waals surface area contributed by atoms with Crippen molar-refractivity contribution >= 4 is 46.2 Å². The van der Waals surface area contributed by atoms with E-state index in [-0.39, 0.29) is 5.78 Å². The van der Waals surface area contributed by atoms with Gasteiger partial charge in [-0.15, -0.1) is 0 Å². The standard InChI is InChI=1S/C21H14Cl2N4O/c1-12-11-25-21-19(28)9-18(14-4-2-13(10-24)3-5-14)26-27(21)20(12)16-7-6-15(22)8-17(16)23/h2-9,26H,11H2,1H3. The van der Waals surface area contributed by atoms with E-state index in [1.54, 1.807) is 41.4 Å². The van der Waals surface area contributed by atoms with Crippen molar-refractivity contribution in [3.8, 4) is 6.07 Å². The van der Waals surface area contributed by atoms with Gasteiger partial charge in [0.25, 0.3) is 0 Å². The maximum Gasteiger partial charge on any atom is 0.224 e.